The van der Waals surface area contributed by atoms with Gasteiger partial charge in [0.25, 0.3) is 0 Å². The number of thiocarbonyl (C=S) groups is 1. The molecule has 0 saturated carbocycles. The van der Waals surface area contributed by atoms with Crippen LogP contribution in [-0.2, 0) is 13.1 Å². The highest BCUT2D eigenvalue weighted by atomic mass is 79.9. The summed E-state index contributed by atoms with van der Waals surface area (Å²) >= 11 is 9.30. The predicted molar refractivity (Wildman–Crippen MR) is 130 cm³/mol. The molecule has 0 saturated heterocycles. The van der Waals surface area contributed by atoms with Crippen LogP contribution in [-0.4, -0.2) is 24.2 Å². The Hall–Kier alpha value is -2.57. The van der Waals surface area contributed by atoms with Crippen molar-refractivity contribution in [2.24, 2.45) is 0 Å². The van der Waals surface area contributed by atoms with Crippen LogP contribution in [0.15, 0.2) is 71.2 Å². The molecule has 3 aromatic rings. The average Bonchev–Trinajstić information content (AvgIpc) is 2.75. The van der Waals surface area contributed by atoms with E-state index >= 15 is 0 Å². The zero-order valence-corrected chi connectivity index (χ0v) is 19.7. The number of ether oxygens (including phenoxy) is 2. The van der Waals surface area contributed by atoms with E-state index in [9.17, 15) is 0 Å². The third-order valence-corrected chi connectivity index (χ3v) is 5.59. The molecule has 0 aliphatic carbocycles. The molecule has 0 radical (unpaired) electrons. The van der Waals surface area contributed by atoms with Crippen molar-refractivity contribution in [3.63, 3.8) is 0 Å². The van der Waals surface area contributed by atoms with Gasteiger partial charge in [-0.05, 0) is 72.2 Å². The Bertz CT molecular complexity index is 991. The smallest absolute Gasteiger partial charge is 0.174 e. The minimum atomic E-state index is 0.637. The van der Waals surface area contributed by atoms with E-state index in [1.165, 1.54) is 5.56 Å². The summed E-state index contributed by atoms with van der Waals surface area (Å²) in [6, 6.07) is 22.3. The van der Waals surface area contributed by atoms with Gasteiger partial charge in [-0.25, -0.2) is 0 Å². The fraction of sp³-hybridized carbons (Fsp3) is 0.208. The number of hydrogen-bond acceptors (Lipinski definition) is 3. The Kier molecular flexibility index (Phi) is 7.71. The van der Waals surface area contributed by atoms with Gasteiger partial charge < -0.3 is 19.7 Å². The molecule has 0 heterocycles. The molecular weight excluding hydrogens is 460 g/mol. The number of methoxy groups -OCH3 is 2. The molecule has 0 atom stereocenters. The van der Waals surface area contributed by atoms with Gasteiger partial charge in [0.15, 0.2) is 5.11 Å². The minimum absolute atomic E-state index is 0.637. The van der Waals surface area contributed by atoms with Gasteiger partial charge in [-0.3, -0.25) is 0 Å². The molecule has 3 aromatic carbocycles. The molecule has 0 unspecified atom stereocenters. The first kappa shape index (κ1) is 22.1. The normalized spacial score (nSPS) is 10.4. The van der Waals surface area contributed by atoms with Gasteiger partial charge in [0.05, 0.1) is 19.9 Å². The van der Waals surface area contributed by atoms with E-state index in [1.807, 2.05) is 49.4 Å². The molecule has 0 fully saturated rings. The number of anilines is 1. The number of benzene rings is 3. The van der Waals surface area contributed by atoms with Crippen LogP contribution in [0.25, 0.3) is 0 Å². The number of nitrogens with zero attached hydrogens (tertiary/aromatic N) is 1. The van der Waals surface area contributed by atoms with Crippen LogP contribution in [0.2, 0.25) is 0 Å². The first-order valence-electron chi connectivity index (χ1n) is 9.56. The summed E-state index contributed by atoms with van der Waals surface area (Å²) in [6.07, 6.45) is 0. The van der Waals surface area contributed by atoms with E-state index in [4.69, 9.17) is 21.7 Å². The van der Waals surface area contributed by atoms with E-state index in [1.54, 1.807) is 14.2 Å². The molecule has 156 valence electrons. The third kappa shape index (κ3) is 5.97. The predicted octanol–water partition coefficient (Wildman–Crippen LogP) is 6.17. The SMILES string of the molecule is COc1ccc(CN(Cc2ccc(Br)cc2)C(=S)Nc2cc(C)ccc2OC)cc1. The highest BCUT2D eigenvalue weighted by molar-refractivity contribution is 9.10. The molecular formula is C24H25BrN2O2S. The van der Waals surface area contributed by atoms with E-state index in [0.29, 0.717) is 18.2 Å². The van der Waals surface area contributed by atoms with Crippen LogP contribution < -0.4 is 14.8 Å². The summed E-state index contributed by atoms with van der Waals surface area (Å²) in [6.45, 7) is 3.39. The lowest BCUT2D eigenvalue weighted by atomic mass is 10.1. The van der Waals surface area contributed by atoms with Crippen molar-refractivity contribution in [1.29, 1.82) is 0 Å². The van der Waals surface area contributed by atoms with E-state index in [-0.39, 0.29) is 0 Å². The molecule has 1 N–H and O–H groups in total. The number of rotatable bonds is 7. The summed E-state index contributed by atoms with van der Waals surface area (Å²) < 4.78 is 11.8. The molecule has 30 heavy (non-hydrogen) atoms. The zero-order valence-electron chi connectivity index (χ0n) is 17.3. The Morgan fingerprint density at radius 2 is 1.50 bits per heavy atom. The van der Waals surface area contributed by atoms with Gasteiger partial charge in [-0.2, -0.15) is 0 Å². The molecule has 0 aliphatic heterocycles. The van der Waals surface area contributed by atoms with Gasteiger partial charge in [-0.1, -0.05) is 46.3 Å². The molecule has 0 aliphatic rings. The number of nitrogens with one attached hydrogen (secondary N) is 1. The first-order chi connectivity index (χ1) is 14.5. The maximum atomic E-state index is 5.81. The number of halogens is 1. The monoisotopic (exact) mass is 484 g/mol. The summed E-state index contributed by atoms with van der Waals surface area (Å²) in [5.41, 5.74) is 4.31. The fourth-order valence-electron chi connectivity index (χ4n) is 3.07. The van der Waals surface area contributed by atoms with Crippen molar-refractivity contribution in [1.82, 2.24) is 4.90 Å². The summed E-state index contributed by atoms with van der Waals surface area (Å²) in [7, 11) is 3.33. The second kappa shape index (κ2) is 10.5. The number of aryl methyl sites for hydroxylation is 1. The van der Waals surface area contributed by atoms with Crippen molar-refractivity contribution < 1.29 is 9.47 Å². The molecule has 0 bridgehead atoms. The van der Waals surface area contributed by atoms with E-state index in [2.05, 4.69) is 50.4 Å². The minimum Gasteiger partial charge on any atom is -0.497 e. The van der Waals surface area contributed by atoms with Crippen LogP contribution >= 0.6 is 28.1 Å². The first-order valence-corrected chi connectivity index (χ1v) is 10.8. The summed E-state index contributed by atoms with van der Waals surface area (Å²) in [5, 5.41) is 4.01. The van der Waals surface area contributed by atoms with Gasteiger partial charge in [0, 0.05) is 17.6 Å². The fourth-order valence-corrected chi connectivity index (χ4v) is 3.58. The maximum Gasteiger partial charge on any atom is 0.174 e. The third-order valence-electron chi connectivity index (χ3n) is 4.70. The quantitative estimate of drug-likeness (QED) is 0.405. The largest absolute Gasteiger partial charge is 0.497 e. The Balaban J connectivity index is 1.84. The van der Waals surface area contributed by atoms with Crippen molar-refractivity contribution >= 4 is 38.9 Å². The van der Waals surface area contributed by atoms with Gasteiger partial charge >= 0.3 is 0 Å². The average molecular weight is 485 g/mol. The summed E-state index contributed by atoms with van der Waals surface area (Å²) in [4.78, 5) is 2.14. The molecule has 4 nitrogen and oxygen atoms in total. The highest BCUT2D eigenvalue weighted by Gasteiger charge is 2.14. The van der Waals surface area contributed by atoms with E-state index < -0.39 is 0 Å². The zero-order chi connectivity index (χ0) is 21.5. The maximum absolute atomic E-state index is 5.81. The van der Waals surface area contributed by atoms with Crippen LogP contribution in [0.4, 0.5) is 5.69 Å². The topological polar surface area (TPSA) is 33.7 Å². The van der Waals surface area contributed by atoms with Gasteiger partial charge in [0.1, 0.15) is 11.5 Å². The lowest BCUT2D eigenvalue weighted by Crippen LogP contribution is -2.34. The van der Waals surface area contributed by atoms with Crippen LogP contribution in [0, 0.1) is 6.92 Å². The second-order valence-electron chi connectivity index (χ2n) is 6.96. The van der Waals surface area contributed by atoms with Gasteiger partial charge in [-0.15, -0.1) is 0 Å². The lowest BCUT2D eigenvalue weighted by Gasteiger charge is -2.27. The van der Waals surface area contributed by atoms with Crippen molar-refractivity contribution in [2.45, 2.75) is 20.0 Å². The lowest BCUT2D eigenvalue weighted by molar-refractivity contribution is 0.405. The number of hydrogen-bond donors (Lipinski definition) is 1. The van der Waals surface area contributed by atoms with Crippen molar-refractivity contribution in [3.05, 3.63) is 87.9 Å². The molecule has 0 aromatic heterocycles. The van der Waals surface area contributed by atoms with Gasteiger partial charge in [0.2, 0.25) is 0 Å². The van der Waals surface area contributed by atoms with E-state index in [0.717, 1.165) is 32.8 Å². The van der Waals surface area contributed by atoms with Crippen molar-refractivity contribution in [3.8, 4) is 11.5 Å². The van der Waals surface area contributed by atoms with Crippen LogP contribution in [0.1, 0.15) is 16.7 Å². The standard InChI is InChI=1S/C24H25BrN2O2S/c1-17-4-13-23(29-3)22(14-17)26-24(30)27(15-18-5-9-20(25)10-6-18)16-19-7-11-21(28-2)12-8-19/h4-14H,15-16H2,1-3H3,(H,26,30). The Labute approximate surface area is 191 Å². The molecule has 0 amide bonds. The van der Waals surface area contributed by atoms with Crippen LogP contribution in [0.3, 0.4) is 0 Å². The second-order valence-corrected chi connectivity index (χ2v) is 8.27. The molecule has 3 rings (SSSR count). The Morgan fingerprint density at radius 3 is 2.07 bits per heavy atom. The van der Waals surface area contributed by atoms with Crippen LogP contribution in [0.5, 0.6) is 11.5 Å². The van der Waals surface area contributed by atoms with Crippen molar-refractivity contribution in [2.75, 3.05) is 19.5 Å². The molecule has 0 spiro atoms. The molecule has 6 heteroatoms. The Morgan fingerprint density at radius 1 is 0.900 bits per heavy atom. The highest BCUT2D eigenvalue weighted by Crippen LogP contribution is 2.26. The summed E-state index contributed by atoms with van der Waals surface area (Å²) in [5.74, 6) is 1.60.